The Bertz CT molecular complexity index is 693. The van der Waals surface area contributed by atoms with Crippen LogP contribution in [0.2, 0.25) is 0 Å². The van der Waals surface area contributed by atoms with Crippen molar-refractivity contribution in [2.24, 2.45) is 0 Å². The summed E-state index contributed by atoms with van der Waals surface area (Å²) < 4.78 is 10.1. The van der Waals surface area contributed by atoms with Crippen LogP contribution in [0.5, 0.6) is 0 Å². The number of benzene rings is 1. The van der Waals surface area contributed by atoms with E-state index in [1.54, 1.807) is 13.0 Å². The molecule has 0 bridgehead atoms. The number of carbonyl (C=O) groups excluding carboxylic acids is 2. The van der Waals surface area contributed by atoms with Crippen LogP contribution < -0.4 is 5.32 Å². The summed E-state index contributed by atoms with van der Waals surface area (Å²) in [4.78, 5) is 24.1. The van der Waals surface area contributed by atoms with Gasteiger partial charge in [0.1, 0.15) is 0 Å². The Morgan fingerprint density at radius 3 is 2.87 bits per heavy atom. The number of rotatable bonds is 4. The standard InChI is InChI=1S/C18H19NO4/c1-12(23-18(21)16-10-5-11-22-16)17(20)19-15-9-4-7-13-6-2-3-8-14(13)15/h2-3,5-6,8,10-12,15H,4,7,9H2,1H3,(H,19,20)/t12-,15+/m0/s1. The van der Waals surface area contributed by atoms with Crippen LogP contribution in [0.1, 0.15) is 47.5 Å². The molecule has 1 aliphatic carbocycles. The van der Waals surface area contributed by atoms with Gasteiger partial charge in [0.05, 0.1) is 12.3 Å². The van der Waals surface area contributed by atoms with Crippen molar-refractivity contribution in [2.45, 2.75) is 38.3 Å². The highest BCUT2D eigenvalue weighted by Gasteiger charge is 2.26. The molecule has 1 aliphatic rings. The van der Waals surface area contributed by atoms with E-state index in [0.29, 0.717) is 0 Å². The number of aryl methyl sites for hydroxylation is 1. The highest BCUT2D eigenvalue weighted by atomic mass is 16.6. The van der Waals surface area contributed by atoms with Crippen LogP contribution in [0.25, 0.3) is 0 Å². The van der Waals surface area contributed by atoms with Gasteiger partial charge in [-0.3, -0.25) is 4.79 Å². The fourth-order valence-corrected chi connectivity index (χ4v) is 2.86. The lowest BCUT2D eigenvalue weighted by molar-refractivity contribution is -0.130. The van der Waals surface area contributed by atoms with E-state index in [0.717, 1.165) is 24.8 Å². The molecule has 1 amide bonds. The fraction of sp³-hybridized carbons (Fsp3) is 0.333. The summed E-state index contributed by atoms with van der Waals surface area (Å²) in [6.45, 7) is 1.56. The molecular weight excluding hydrogens is 294 g/mol. The van der Waals surface area contributed by atoms with Gasteiger partial charge in [-0.2, -0.15) is 0 Å². The van der Waals surface area contributed by atoms with Crippen molar-refractivity contribution in [3.05, 3.63) is 59.5 Å². The van der Waals surface area contributed by atoms with Gasteiger partial charge in [-0.05, 0) is 49.4 Å². The van der Waals surface area contributed by atoms with Crippen LogP contribution in [0, 0.1) is 0 Å². The van der Waals surface area contributed by atoms with E-state index in [9.17, 15) is 9.59 Å². The summed E-state index contributed by atoms with van der Waals surface area (Å²) in [5.74, 6) is -0.846. The van der Waals surface area contributed by atoms with Crippen LogP contribution in [-0.4, -0.2) is 18.0 Å². The summed E-state index contributed by atoms with van der Waals surface area (Å²) in [6.07, 6.45) is 3.47. The lowest BCUT2D eigenvalue weighted by atomic mass is 9.87. The van der Waals surface area contributed by atoms with Crippen LogP contribution in [-0.2, 0) is 16.0 Å². The third-order valence-electron chi connectivity index (χ3n) is 4.06. The molecule has 1 N–H and O–H groups in total. The maximum Gasteiger partial charge on any atom is 0.374 e. The minimum absolute atomic E-state index is 0.0304. The van der Waals surface area contributed by atoms with E-state index in [1.165, 1.54) is 17.9 Å². The summed E-state index contributed by atoms with van der Waals surface area (Å²) in [5, 5.41) is 2.98. The predicted octanol–water partition coefficient (Wildman–Crippen LogP) is 3.02. The maximum absolute atomic E-state index is 12.3. The fourth-order valence-electron chi connectivity index (χ4n) is 2.86. The number of ether oxygens (including phenoxy) is 1. The molecule has 1 aromatic carbocycles. The average Bonchev–Trinajstić information content (AvgIpc) is 3.09. The first-order chi connectivity index (χ1) is 11.1. The minimum Gasteiger partial charge on any atom is -0.457 e. The number of esters is 1. The Balaban J connectivity index is 1.62. The van der Waals surface area contributed by atoms with Gasteiger partial charge in [-0.25, -0.2) is 4.79 Å². The second-order valence-corrected chi connectivity index (χ2v) is 5.68. The molecule has 5 nitrogen and oxygen atoms in total. The first-order valence-corrected chi connectivity index (χ1v) is 7.78. The Morgan fingerprint density at radius 2 is 2.09 bits per heavy atom. The summed E-state index contributed by atoms with van der Waals surface area (Å²) in [6, 6.07) is 11.2. The Hall–Kier alpha value is -2.56. The molecular formula is C18H19NO4. The van der Waals surface area contributed by atoms with E-state index < -0.39 is 12.1 Å². The third-order valence-corrected chi connectivity index (χ3v) is 4.06. The molecule has 1 aromatic heterocycles. The normalized spacial score (nSPS) is 17.9. The lowest BCUT2D eigenvalue weighted by Gasteiger charge is -2.27. The number of hydrogen-bond donors (Lipinski definition) is 1. The van der Waals surface area contributed by atoms with Gasteiger partial charge in [0.15, 0.2) is 6.10 Å². The van der Waals surface area contributed by atoms with Crippen LogP contribution in [0.3, 0.4) is 0 Å². The van der Waals surface area contributed by atoms with Gasteiger partial charge < -0.3 is 14.5 Å². The van der Waals surface area contributed by atoms with Crippen molar-refractivity contribution in [2.75, 3.05) is 0 Å². The summed E-state index contributed by atoms with van der Waals surface area (Å²) >= 11 is 0. The van der Waals surface area contributed by atoms with Crippen molar-refractivity contribution >= 4 is 11.9 Å². The quantitative estimate of drug-likeness (QED) is 0.881. The second-order valence-electron chi connectivity index (χ2n) is 5.68. The Labute approximate surface area is 134 Å². The molecule has 0 spiro atoms. The van der Waals surface area contributed by atoms with Crippen molar-refractivity contribution in [3.63, 3.8) is 0 Å². The number of nitrogens with one attached hydrogen (secondary N) is 1. The molecule has 23 heavy (non-hydrogen) atoms. The van der Waals surface area contributed by atoms with Gasteiger partial charge in [0, 0.05) is 0 Å². The smallest absolute Gasteiger partial charge is 0.374 e. The molecule has 3 rings (SSSR count). The molecule has 5 heteroatoms. The van der Waals surface area contributed by atoms with E-state index in [-0.39, 0.29) is 17.7 Å². The highest BCUT2D eigenvalue weighted by molar-refractivity contribution is 5.90. The molecule has 2 atom stereocenters. The molecule has 0 unspecified atom stereocenters. The van der Waals surface area contributed by atoms with Crippen molar-refractivity contribution in [1.29, 1.82) is 0 Å². The van der Waals surface area contributed by atoms with E-state index >= 15 is 0 Å². The number of fused-ring (bicyclic) bond motifs is 1. The topological polar surface area (TPSA) is 68.5 Å². The average molecular weight is 313 g/mol. The molecule has 0 aliphatic heterocycles. The van der Waals surface area contributed by atoms with Gasteiger partial charge in [0.2, 0.25) is 5.76 Å². The van der Waals surface area contributed by atoms with Crippen LogP contribution in [0.15, 0.2) is 47.1 Å². The van der Waals surface area contributed by atoms with Gasteiger partial charge in [0.25, 0.3) is 5.91 Å². The van der Waals surface area contributed by atoms with Gasteiger partial charge >= 0.3 is 5.97 Å². The number of amides is 1. The maximum atomic E-state index is 12.3. The first-order valence-electron chi connectivity index (χ1n) is 7.78. The number of furan rings is 1. The van der Waals surface area contributed by atoms with E-state index in [1.807, 2.05) is 18.2 Å². The molecule has 0 saturated carbocycles. The zero-order valence-corrected chi connectivity index (χ0v) is 13.0. The molecule has 0 fully saturated rings. The zero-order chi connectivity index (χ0) is 16.2. The highest BCUT2D eigenvalue weighted by Crippen LogP contribution is 2.29. The number of hydrogen-bond acceptors (Lipinski definition) is 4. The molecule has 0 saturated heterocycles. The molecule has 2 aromatic rings. The Morgan fingerprint density at radius 1 is 1.26 bits per heavy atom. The van der Waals surface area contributed by atoms with Gasteiger partial charge in [-0.1, -0.05) is 24.3 Å². The monoisotopic (exact) mass is 313 g/mol. The Kier molecular flexibility index (Phi) is 4.46. The van der Waals surface area contributed by atoms with E-state index in [4.69, 9.17) is 9.15 Å². The summed E-state index contributed by atoms with van der Waals surface area (Å²) in [7, 11) is 0. The molecule has 0 radical (unpaired) electrons. The van der Waals surface area contributed by atoms with Crippen LogP contribution in [0.4, 0.5) is 0 Å². The molecule has 120 valence electrons. The number of carbonyl (C=O) groups is 2. The largest absolute Gasteiger partial charge is 0.457 e. The van der Waals surface area contributed by atoms with Crippen molar-refractivity contribution in [1.82, 2.24) is 5.32 Å². The van der Waals surface area contributed by atoms with Crippen molar-refractivity contribution < 1.29 is 18.7 Å². The SMILES string of the molecule is C[C@H](OC(=O)c1ccco1)C(=O)N[C@@H]1CCCc2ccccc21. The van der Waals surface area contributed by atoms with Gasteiger partial charge in [-0.15, -0.1) is 0 Å². The van der Waals surface area contributed by atoms with Crippen molar-refractivity contribution in [3.8, 4) is 0 Å². The second kappa shape index (κ2) is 6.69. The van der Waals surface area contributed by atoms with E-state index in [2.05, 4.69) is 11.4 Å². The zero-order valence-electron chi connectivity index (χ0n) is 13.0. The first kappa shape index (κ1) is 15.3. The third kappa shape index (κ3) is 3.44. The molecule has 1 heterocycles. The predicted molar refractivity (Wildman–Crippen MR) is 83.8 cm³/mol. The lowest BCUT2D eigenvalue weighted by Crippen LogP contribution is -2.39. The minimum atomic E-state index is -0.873. The summed E-state index contributed by atoms with van der Waals surface area (Å²) in [5.41, 5.74) is 2.42. The van der Waals surface area contributed by atoms with Crippen LogP contribution >= 0.6 is 0 Å².